The molecule has 0 atom stereocenters. The molecule has 0 unspecified atom stereocenters. The fourth-order valence-corrected chi connectivity index (χ4v) is 2.14. The Bertz CT molecular complexity index is 452. The minimum absolute atomic E-state index is 0.142. The molecule has 0 aromatic carbocycles. The van der Waals surface area contributed by atoms with Gasteiger partial charge < -0.3 is 5.32 Å². The van der Waals surface area contributed by atoms with Gasteiger partial charge in [0, 0.05) is 18.0 Å². The van der Waals surface area contributed by atoms with Gasteiger partial charge in [0.05, 0.1) is 5.69 Å². The molecule has 1 aromatic heterocycles. The van der Waals surface area contributed by atoms with Gasteiger partial charge in [0.15, 0.2) is 5.69 Å². The van der Waals surface area contributed by atoms with Crippen LogP contribution in [-0.2, 0) is 19.1 Å². The Morgan fingerprint density at radius 1 is 1.18 bits per heavy atom. The van der Waals surface area contributed by atoms with Gasteiger partial charge in [0.2, 0.25) is 0 Å². The minimum atomic E-state index is -4.37. The molecule has 3 nitrogen and oxygen atoms in total. The van der Waals surface area contributed by atoms with Gasteiger partial charge >= 0.3 is 6.18 Å². The van der Waals surface area contributed by atoms with E-state index in [-0.39, 0.29) is 11.5 Å². The van der Waals surface area contributed by atoms with Crippen LogP contribution in [0.4, 0.5) is 13.2 Å². The van der Waals surface area contributed by atoms with Crippen LogP contribution in [0.15, 0.2) is 0 Å². The molecule has 1 saturated carbocycles. The Hall–Kier alpha value is -1.17. The van der Waals surface area contributed by atoms with Gasteiger partial charge in [0.25, 0.3) is 0 Å². The maximum absolute atomic E-state index is 12.9. The van der Waals surface area contributed by atoms with E-state index in [4.69, 9.17) is 0 Å². The largest absolute Gasteiger partial charge is 0.433 e. The SMILES string of the molecule is FC(F)(F)c1nc(C2CC2)nc2c1CCNC2. The van der Waals surface area contributed by atoms with Gasteiger partial charge in [-0.3, -0.25) is 0 Å². The molecule has 2 heterocycles. The maximum Gasteiger partial charge on any atom is 0.433 e. The lowest BCUT2D eigenvalue weighted by Gasteiger charge is -2.21. The Labute approximate surface area is 96.5 Å². The molecule has 0 spiro atoms. The number of halogens is 3. The van der Waals surface area contributed by atoms with Gasteiger partial charge in [-0.25, -0.2) is 9.97 Å². The van der Waals surface area contributed by atoms with E-state index in [1.807, 2.05) is 0 Å². The second kappa shape index (κ2) is 3.66. The third-order valence-electron chi connectivity index (χ3n) is 3.17. The van der Waals surface area contributed by atoms with Crippen molar-refractivity contribution < 1.29 is 13.2 Å². The third-order valence-corrected chi connectivity index (χ3v) is 3.17. The molecule has 92 valence electrons. The first kappa shape index (κ1) is 11.0. The van der Waals surface area contributed by atoms with Gasteiger partial charge in [-0.05, 0) is 25.8 Å². The molecule has 17 heavy (non-hydrogen) atoms. The maximum atomic E-state index is 12.9. The fourth-order valence-electron chi connectivity index (χ4n) is 2.14. The lowest BCUT2D eigenvalue weighted by molar-refractivity contribution is -0.142. The highest BCUT2D eigenvalue weighted by atomic mass is 19.4. The normalized spacial score (nSPS) is 20.2. The van der Waals surface area contributed by atoms with Crippen molar-refractivity contribution >= 4 is 0 Å². The van der Waals surface area contributed by atoms with Crippen molar-refractivity contribution in [1.29, 1.82) is 0 Å². The van der Waals surface area contributed by atoms with Crippen molar-refractivity contribution in [2.75, 3.05) is 6.54 Å². The van der Waals surface area contributed by atoms with E-state index in [9.17, 15) is 13.2 Å². The fraction of sp³-hybridized carbons (Fsp3) is 0.636. The third kappa shape index (κ3) is 2.01. The summed E-state index contributed by atoms with van der Waals surface area (Å²) in [5.74, 6) is 0.517. The summed E-state index contributed by atoms with van der Waals surface area (Å²) in [6.45, 7) is 0.975. The standard InChI is InChI=1S/C11H12F3N3/c12-11(13,14)9-7-3-4-15-5-8(7)16-10(17-9)6-1-2-6/h6,15H,1-5H2. The monoisotopic (exact) mass is 243 g/mol. The summed E-state index contributed by atoms with van der Waals surface area (Å²) in [6, 6.07) is 0. The molecule has 2 aliphatic rings. The van der Waals surface area contributed by atoms with Gasteiger partial charge in [-0.1, -0.05) is 0 Å². The summed E-state index contributed by atoms with van der Waals surface area (Å²) in [7, 11) is 0. The summed E-state index contributed by atoms with van der Waals surface area (Å²) in [5, 5.41) is 3.05. The molecule has 1 aliphatic heterocycles. The van der Waals surface area contributed by atoms with Crippen LogP contribution in [0, 0.1) is 0 Å². The molecule has 0 bridgehead atoms. The van der Waals surface area contributed by atoms with Crippen molar-refractivity contribution in [2.45, 2.75) is 37.9 Å². The van der Waals surface area contributed by atoms with Crippen molar-refractivity contribution in [3.05, 3.63) is 22.8 Å². The average molecular weight is 243 g/mol. The number of hydrogen-bond donors (Lipinski definition) is 1. The van der Waals surface area contributed by atoms with E-state index in [0.29, 0.717) is 31.0 Å². The molecule has 0 amide bonds. The number of hydrogen-bond acceptors (Lipinski definition) is 3. The average Bonchev–Trinajstić information content (AvgIpc) is 3.10. The van der Waals surface area contributed by atoms with Crippen LogP contribution >= 0.6 is 0 Å². The lowest BCUT2D eigenvalue weighted by atomic mass is 10.0. The molecular weight excluding hydrogens is 231 g/mol. The number of aromatic nitrogens is 2. The molecule has 0 radical (unpaired) electrons. The van der Waals surface area contributed by atoms with Gasteiger partial charge in [0.1, 0.15) is 5.82 Å². The number of alkyl halides is 3. The van der Waals surface area contributed by atoms with Crippen molar-refractivity contribution in [3.8, 4) is 0 Å². The zero-order valence-corrected chi connectivity index (χ0v) is 9.14. The number of nitrogens with one attached hydrogen (secondary N) is 1. The first-order valence-corrected chi connectivity index (χ1v) is 5.73. The second-order valence-electron chi connectivity index (χ2n) is 4.55. The van der Waals surface area contributed by atoms with E-state index in [1.165, 1.54) is 0 Å². The smallest absolute Gasteiger partial charge is 0.311 e. The quantitative estimate of drug-likeness (QED) is 0.820. The highest BCUT2D eigenvalue weighted by molar-refractivity contribution is 5.31. The molecule has 1 fully saturated rings. The van der Waals surface area contributed by atoms with Crippen molar-refractivity contribution in [3.63, 3.8) is 0 Å². The van der Waals surface area contributed by atoms with Crippen molar-refractivity contribution in [2.24, 2.45) is 0 Å². The molecule has 6 heteroatoms. The summed E-state index contributed by atoms with van der Waals surface area (Å²) >= 11 is 0. The van der Waals surface area contributed by atoms with Crippen LogP contribution in [0.3, 0.4) is 0 Å². The van der Waals surface area contributed by atoms with Crippen LogP contribution in [-0.4, -0.2) is 16.5 Å². The van der Waals surface area contributed by atoms with Crippen LogP contribution < -0.4 is 5.32 Å². The highest BCUT2D eigenvalue weighted by Gasteiger charge is 2.39. The Morgan fingerprint density at radius 2 is 1.94 bits per heavy atom. The summed E-state index contributed by atoms with van der Waals surface area (Å²) in [6.07, 6.45) is -2.20. The van der Waals surface area contributed by atoms with Gasteiger partial charge in [-0.15, -0.1) is 0 Å². The highest BCUT2D eigenvalue weighted by Crippen LogP contribution is 2.40. The zero-order valence-electron chi connectivity index (χ0n) is 9.14. The zero-order chi connectivity index (χ0) is 12.0. The summed E-state index contributed by atoms with van der Waals surface area (Å²) in [4.78, 5) is 8.03. The van der Waals surface area contributed by atoms with Crippen LogP contribution in [0.1, 0.15) is 41.5 Å². The minimum Gasteiger partial charge on any atom is -0.311 e. The van der Waals surface area contributed by atoms with Crippen molar-refractivity contribution in [1.82, 2.24) is 15.3 Å². The van der Waals surface area contributed by atoms with Crippen LogP contribution in [0.5, 0.6) is 0 Å². The van der Waals surface area contributed by atoms with E-state index >= 15 is 0 Å². The predicted octanol–water partition coefficient (Wildman–Crippen LogP) is 2.02. The van der Waals surface area contributed by atoms with E-state index in [0.717, 1.165) is 12.8 Å². The molecule has 1 aromatic rings. The number of rotatable bonds is 1. The Morgan fingerprint density at radius 3 is 2.59 bits per heavy atom. The molecule has 1 aliphatic carbocycles. The first-order valence-electron chi connectivity index (χ1n) is 5.73. The van der Waals surface area contributed by atoms with E-state index in [2.05, 4.69) is 15.3 Å². The number of fused-ring (bicyclic) bond motifs is 1. The molecule has 0 saturated heterocycles. The molecule has 3 rings (SSSR count). The molecule has 1 N–H and O–H groups in total. The Kier molecular flexibility index (Phi) is 2.36. The van der Waals surface area contributed by atoms with E-state index in [1.54, 1.807) is 0 Å². The molecular formula is C11H12F3N3. The summed E-state index contributed by atoms with van der Waals surface area (Å²) < 4.78 is 38.8. The first-order chi connectivity index (χ1) is 8.05. The van der Waals surface area contributed by atoms with E-state index < -0.39 is 11.9 Å². The summed E-state index contributed by atoms with van der Waals surface area (Å²) in [5.41, 5.74) is 0.0898. The Balaban J connectivity index is 2.12. The van der Waals surface area contributed by atoms with Gasteiger partial charge in [-0.2, -0.15) is 13.2 Å². The predicted molar refractivity (Wildman–Crippen MR) is 54.4 cm³/mol. The lowest BCUT2D eigenvalue weighted by Crippen LogP contribution is -2.29. The van der Waals surface area contributed by atoms with Crippen LogP contribution in [0.2, 0.25) is 0 Å². The van der Waals surface area contributed by atoms with Crippen LogP contribution in [0.25, 0.3) is 0 Å². The topological polar surface area (TPSA) is 37.8 Å². The second-order valence-corrected chi connectivity index (χ2v) is 4.55. The number of nitrogens with zero attached hydrogens (tertiary/aromatic N) is 2.